The van der Waals surface area contributed by atoms with E-state index in [-0.39, 0.29) is 5.71 Å². The van der Waals surface area contributed by atoms with Crippen LogP contribution in [0.15, 0.2) is 23.2 Å². The molecule has 1 aromatic rings. The number of nitrogens with zero attached hydrogens (tertiary/aromatic N) is 2. The van der Waals surface area contributed by atoms with Gasteiger partial charge < -0.3 is 4.74 Å². The zero-order valence-electron chi connectivity index (χ0n) is 14.1. The molecule has 0 aliphatic carbocycles. The molecule has 0 radical (unpaired) electrons. The first-order valence-corrected chi connectivity index (χ1v) is 7.52. The standard InChI is InChI=1S/C17H19FN2O4/c1-10-7-15(20(22)23)13(18)9-12(10)11-5-6-19-14(8-11)16(21)24-17(2,3)4/h7-9H,5-6H2,1-4H3. The van der Waals surface area contributed by atoms with E-state index >= 15 is 0 Å². The lowest BCUT2D eigenvalue weighted by Gasteiger charge is -2.21. The number of ether oxygens (including phenoxy) is 1. The van der Waals surface area contributed by atoms with Crippen molar-refractivity contribution in [3.05, 3.63) is 45.3 Å². The zero-order chi connectivity index (χ0) is 18.1. The average molecular weight is 334 g/mol. The van der Waals surface area contributed by atoms with Crippen LogP contribution >= 0.6 is 0 Å². The van der Waals surface area contributed by atoms with Gasteiger partial charge in [0, 0.05) is 12.6 Å². The van der Waals surface area contributed by atoms with Crippen molar-refractivity contribution < 1.29 is 18.8 Å². The fraction of sp³-hybridized carbons (Fsp3) is 0.412. The van der Waals surface area contributed by atoms with Gasteiger partial charge in [0.2, 0.25) is 5.82 Å². The third kappa shape index (κ3) is 4.04. The number of benzene rings is 1. The molecular weight excluding hydrogens is 315 g/mol. The Morgan fingerprint density at radius 1 is 1.38 bits per heavy atom. The van der Waals surface area contributed by atoms with Gasteiger partial charge in [0.15, 0.2) is 0 Å². The minimum absolute atomic E-state index is 0.171. The Morgan fingerprint density at radius 3 is 2.62 bits per heavy atom. The largest absolute Gasteiger partial charge is 0.455 e. The SMILES string of the molecule is Cc1cc([N+](=O)[O-])c(F)cc1C1=CC(C(=O)OC(C)(C)C)=NCC1. The molecule has 0 saturated heterocycles. The monoisotopic (exact) mass is 334 g/mol. The molecule has 1 aliphatic heterocycles. The Morgan fingerprint density at radius 2 is 2.04 bits per heavy atom. The molecule has 1 aromatic carbocycles. The molecule has 1 heterocycles. The number of dihydropyridines is 1. The number of hydrogen-bond donors (Lipinski definition) is 0. The van der Waals surface area contributed by atoms with E-state index in [1.54, 1.807) is 33.8 Å². The molecule has 1 aliphatic rings. The topological polar surface area (TPSA) is 81.8 Å². The smallest absolute Gasteiger partial charge is 0.356 e. The number of carbonyl (C=O) groups is 1. The number of rotatable bonds is 3. The van der Waals surface area contributed by atoms with Gasteiger partial charge in [0.1, 0.15) is 11.3 Å². The molecular formula is C17H19FN2O4. The van der Waals surface area contributed by atoms with Crippen molar-refractivity contribution in [1.82, 2.24) is 0 Å². The Labute approximate surface area is 139 Å². The third-order valence-electron chi connectivity index (χ3n) is 3.42. The van der Waals surface area contributed by atoms with Crippen molar-refractivity contribution >= 4 is 22.9 Å². The highest BCUT2D eigenvalue weighted by atomic mass is 19.1. The van der Waals surface area contributed by atoms with Crippen LogP contribution in [0, 0.1) is 22.9 Å². The second-order valence-corrected chi connectivity index (χ2v) is 6.56. The summed E-state index contributed by atoms with van der Waals surface area (Å²) in [5.74, 6) is -1.44. The van der Waals surface area contributed by atoms with Gasteiger partial charge in [0.05, 0.1) is 4.92 Å². The molecule has 0 unspecified atom stereocenters. The van der Waals surface area contributed by atoms with Crippen LogP contribution in [0.25, 0.3) is 5.57 Å². The Bertz CT molecular complexity index is 761. The number of aliphatic imine (C=N–C) groups is 1. The summed E-state index contributed by atoms with van der Waals surface area (Å²) in [4.78, 5) is 26.3. The summed E-state index contributed by atoms with van der Waals surface area (Å²) in [6.45, 7) is 7.32. The van der Waals surface area contributed by atoms with Crippen LogP contribution in [-0.2, 0) is 9.53 Å². The number of nitro benzene ring substituents is 1. The maximum atomic E-state index is 13.9. The van der Waals surface area contributed by atoms with Gasteiger partial charge in [-0.2, -0.15) is 4.39 Å². The van der Waals surface area contributed by atoms with Gasteiger partial charge in [-0.25, -0.2) is 4.79 Å². The van der Waals surface area contributed by atoms with E-state index < -0.39 is 28.0 Å². The molecule has 0 bridgehead atoms. The molecule has 0 spiro atoms. The molecule has 7 heteroatoms. The Balaban J connectivity index is 2.36. The van der Waals surface area contributed by atoms with Gasteiger partial charge in [0.25, 0.3) is 0 Å². The predicted octanol–water partition coefficient (Wildman–Crippen LogP) is 3.61. The minimum Gasteiger partial charge on any atom is -0.455 e. The van der Waals surface area contributed by atoms with Gasteiger partial charge in [-0.1, -0.05) is 0 Å². The van der Waals surface area contributed by atoms with Crippen molar-refractivity contribution in [2.45, 2.75) is 39.7 Å². The number of carbonyl (C=O) groups excluding carboxylic acids is 1. The summed E-state index contributed by atoms with van der Waals surface area (Å²) in [5.41, 5.74) is 0.782. The van der Waals surface area contributed by atoms with Crippen LogP contribution in [0.5, 0.6) is 0 Å². The number of hydrogen-bond acceptors (Lipinski definition) is 5. The van der Waals surface area contributed by atoms with E-state index in [4.69, 9.17) is 4.74 Å². The van der Waals surface area contributed by atoms with Crippen LogP contribution in [0.3, 0.4) is 0 Å². The minimum atomic E-state index is -0.900. The van der Waals surface area contributed by atoms with Crippen molar-refractivity contribution in [2.24, 2.45) is 4.99 Å². The molecule has 24 heavy (non-hydrogen) atoms. The number of halogens is 1. The van der Waals surface area contributed by atoms with Crippen LogP contribution in [-0.4, -0.2) is 28.8 Å². The van der Waals surface area contributed by atoms with E-state index in [9.17, 15) is 19.3 Å². The fourth-order valence-corrected chi connectivity index (χ4v) is 2.40. The van der Waals surface area contributed by atoms with Gasteiger partial charge in [-0.3, -0.25) is 15.1 Å². The van der Waals surface area contributed by atoms with Gasteiger partial charge in [-0.15, -0.1) is 0 Å². The summed E-state index contributed by atoms with van der Waals surface area (Å²) in [7, 11) is 0. The molecule has 0 amide bonds. The average Bonchev–Trinajstić information content (AvgIpc) is 2.47. The van der Waals surface area contributed by atoms with E-state index in [1.165, 1.54) is 6.07 Å². The molecule has 0 atom stereocenters. The maximum absolute atomic E-state index is 13.9. The summed E-state index contributed by atoms with van der Waals surface area (Å²) in [5, 5.41) is 10.8. The molecule has 0 aromatic heterocycles. The highest BCUT2D eigenvalue weighted by Crippen LogP contribution is 2.30. The van der Waals surface area contributed by atoms with Crippen molar-refractivity contribution in [1.29, 1.82) is 0 Å². The zero-order valence-corrected chi connectivity index (χ0v) is 14.1. The van der Waals surface area contributed by atoms with Crippen LogP contribution in [0.2, 0.25) is 0 Å². The highest BCUT2D eigenvalue weighted by molar-refractivity contribution is 6.42. The number of nitro groups is 1. The normalized spacial score (nSPS) is 14.7. The number of aryl methyl sites for hydroxylation is 1. The third-order valence-corrected chi connectivity index (χ3v) is 3.42. The van der Waals surface area contributed by atoms with Crippen molar-refractivity contribution in [3.63, 3.8) is 0 Å². The van der Waals surface area contributed by atoms with E-state index in [0.29, 0.717) is 29.7 Å². The first-order chi connectivity index (χ1) is 11.1. The van der Waals surface area contributed by atoms with Crippen molar-refractivity contribution in [2.75, 3.05) is 6.54 Å². The summed E-state index contributed by atoms with van der Waals surface area (Å²) >= 11 is 0. The molecule has 128 valence electrons. The maximum Gasteiger partial charge on any atom is 0.356 e. The molecule has 0 N–H and O–H groups in total. The summed E-state index contributed by atoms with van der Waals surface area (Å²) < 4.78 is 19.2. The summed E-state index contributed by atoms with van der Waals surface area (Å²) in [6.07, 6.45) is 2.08. The highest BCUT2D eigenvalue weighted by Gasteiger charge is 2.24. The molecule has 2 rings (SSSR count). The Kier molecular flexibility index (Phi) is 4.82. The van der Waals surface area contributed by atoms with Crippen LogP contribution < -0.4 is 0 Å². The molecule has 0 fully saturated rings. The number of esters is 1. The lowest BCUT2D eigenvalue weighted by Crippen LogP contribution is -2.29. The van der Waals surface area contributed by atoms with Crippen LogP contribution in [0.1, 0.15) is 38.3 Å². The van der Waals surface area contributed by atoms with E-state index in [1.807, 2.05) is 0 Å². The first-order valence-electron chi connectivity index (χ1n) is 7.52. The lowest BCUT2D eigenvalue weighted by atomic mass is 9.94. The van der Waals surface area contributed by atoms with E-state index in [2.05, 4.69) is 4.99 Å². The van der Waals surface area contributed by atoms with E-state index in [0.717, 1.165) is 6.07 Å². The van der Waals surface area contributed by atoms with Gasteiger partial charge >= 0.3 is 11.7 Å². The Hall–Kier alpha value is -2.57. The second-order valence-electron chi connectivity index (χ2n) is 6.56. The van der Waals surface area contributed by atoms with Crippen LogP contribution in [0.4, 0.5) is 10.1 Å². The molecule has 0 saturated carbocycles. The van der Waals surface area contributed by atoms with Gasteiger partial charge in [-0.05, 0) is 63.0 Å². The second kappa shape index (κ2) is 6.51. The molecule has 6 nitrogen and oxygen atoms in total. The lowest BCUT2D eigenvalue weighted by molar-refractivity contribution is -0.387. The quantitative estimate of drug-likeness (QED) is 0.480. The predicted molar refractivity (Wildman–Crippen MR) is 88.5 cm³/mol. The first kappa shape index (κ1) is 17.8. The fourth-order valence-electron chi connectivity index (χ4n) is 2.40. The summed E-state index contributed by atoms with van der Waals surface area (Å²) in [6, 6.07) is 2.34. The van der Waals surface area contributed by atoms with Crippen molar-refractivity contribution in [3.8, 4) is 0 Å².